The Morgan fingerprint density at radius 2 is 1.68 bits per heavy atom. The Bertz CT molecular complexity index is 865. The van der Waals surface area contributed by atoms with Gasteiger partial charge in [0.05, 0.1) is 0 Å². The van der Waals surface area contributed by atoms with E-state index in [0.29, 0.717) is 5.92 Å². The quantitative estimate of drug-likeness (QED) is 0.435. The van der Waals surface area contributed by atoms with Crippen LogP contribution in [0.4, 0.5) is 0 Å². The maximum Gasteiger partial charge on any atom is 0.128 e. The first-order valence-electron chi connectivity index (χ1n) is 8.88. The van der Waals surface area contributed by atoms with Crippen LogP contribution >= 0.6 is 15.9 Å². The van der Waals surface area contributed by atoms with Gasteiger partial charge in [0.2, 0.25) is 0 Å². The summed E-state index contributed by atoms with van der Waals surface area (Å²) in [4.78, 5) is 0. The fraction of sp³-hybridized carbons (Fsp3) is 0.304. The first-order valence-corrected chi connectivity index (χ1v) is 9.68. The molecule has 0 aliphatic heterocycles. The van der Waals surface area contributed by atoms with Gasteiger partial charge in [0, 0.05) is 4.47 Å². The number of hydrogen-bond acceptors (Lipinski definition) is 1. The Morgan fingerprint density at radius 3 is 2.36 bits per heavy atom. The molecule has 0 aromatic heterocycles. The zero-order chi connectivity index (χ0) is 18.0. The van der Waals surface area contributed by atoms with E-state index in [1.54, 1.807) is 0 Å². The van der Waals surface area contributed by atoms with Gasteiger partial charge in [0.1, 0.15) is 11.4 Å². The molecule has 0 fully saturated rings. The molecule has 3 aromatic rings. The van der Waals surface area contributed by atoms with E-state index in [4.69, 9.17) is 4.74 Å². The second-order valence-corrected chi connectivity index (χ2v) is 8.02. The standard InChI is InChI=1S/C23H25BrO/c1-5-16(2)17-10-12-20(13-11-17)25-23(3,4)19-14-18-8-6-7-9-21(18)22(24)15-19/h6-16H,5H2,1-4H3. The van der Waals surface area contributed by atoms with Gasteiger partial charge >= 0.3 is 0 Å². The van der Waals surface area contributed by atoms with E-state index in [0.717, 1.165) is 22.2 Å². The van der Waals surface area contributed by atoms with Crippen LogP contribution in [0.1, 0.15) is 51.2 Å². The lowest BCUT2D eigenvalue weighted by atomic mass is 9.95. The number of fused-ring (bicyclic) bond motifs is 1. The average Bonchev–Trinajstić information content (AvgIpc) is 2.61. The maximum atomic E-state index is 6.34. The minimum atomic E-state index is -0.412. The minimum Gasteiger partial charge on any atom is -0.483 e. The van der Waals surface area contributed by atoms with Crippen molar-refractivity contribution in [2.45, 2.75) is 45.6 Å². The molecule has 0 radical (unpaired) electrons. The third-order valence-corrected chi connectivity index (χ3v) is 5.60. The van der Waals surface area contributed by atoms with Crippen LogP contribution in [0.25, 0.3) is 10.8 Å². The number of hydrogen-bond donors (Lipinski definition) is 0. The average molecular weight is 397 g/mol. The summed E-state index contributed by atoms with van der Waals surface area (Å²) >= 11 is 3.70. The first-order chi connectivity index (χ1) is 11.9. The molecule has 3 aromatic carbocycles. The van der Waals surface area contributed by atoms with E-state index in [1.165, 1.54) is 16.3 Å². The molecule has 0 aliphatic rings. The number of halogens is 1. The molecule has 3 rings (SSSR count). The monoisotopic (exact) mass is 396 g/mol. The summed E-state index contributed by atoms with van der Waals surface area (Å²) in [6.45, 7) is 8.71. The van der Waals surface area contributed by atoms with Gasteiger partial charge in [-0.3, -0.25) is 0 Å². The predicted octanol–water partition coefficient (Wildman–Crippen LogP) is 7.43. The summed E-state index contributed by atoms with van der Waals surface area (Å²) in [6, 6.07) is 21.3. The van der Waals surface area contributed by atoms with Gasteiger partial charge < -0.3 is 4.74 Å². The Labute approximate surface area is 159 Å². The van der Waals surface area contributed by atoms with Crippen LogP contribution < -0.4 is 4.74 Å². The van der Waals surface area contributed by atoms with Crippen molar-refractivity contribution < 1.29 is 4.74 Å². The molecule has 1 atom stereocenters. The fourth-order valence-electron chi connectivity index (χ4n) is 3.07. The van der Waals surface area contributed by atoms with E-state index >= 15 is 0 Å². The topological polar surface area (TPSA) is 9.23 Å². The molecule has 0 heterocycles. The molecule has 1 unspecified atom stereocenters. The zero-order valence-corrected chi connectivity index (χ0v) is 16.9. The SMILES string of the molecule is CCC(C)c1ccc(OC(C)(C)c2cc(Br)c3ccccc3c2)cc1. The Kier molecular flexibility index (Phi) is 5.19. The van der Waals surface area contributed by atoms with Crippen molar-refractivity contribution in [3.63, 3.8) is 0 Å². The highest BCUT2D eigenvalue weighted by Crippen LogP contribution is 2.34. The number of ether oxygens (including phenoxy) is 1. The predicted molar refractivity (Wildman–Crippen MR) is 110 cm³/mol. The van der Waals surface area contributed by atoms with Crippen LogP contribution in [-0.2, 0) is 5.60 Å². The van der Waals surface area contributed by atoms with Crippen LogP contribution in [-0.4, -0.2) is 0 Å². The summed E-state index contributed by atoms with van der Waals surface area (Å²) in [5, 5.41) is 2.44. The summed E-state index contributed by atoms with van der Waals surface area (Å²) in [5.41, 5.74) is 2.11. The third-order valence-electron chi connectivity index (χ3n) is 4.94. The van der Waals surface area contributed by atoms with Gasteiger partial charge in [-0.1, -0.05) is 66.2 Å². The van der Waals surface area contributed by atoms with Gasteiger partial charge in [0.15, 0.2) is 0 Å². The van der Waals surface area contributed by atoms with Crippen molar-refractivity contribution in [2.24, 2.45) is 0 Å². The van der Waals surface area contributed by atoms with Crippen LogP contribution in [0.15, 0.2) is 65.1 Å². The number of rotatable bonds is 5. The second kappa shape index (κ2) is 7.21. The normalized spacial score (nSPS) is 13.0. The Morgan fingerprint density at radius 1 is 1.00 bits per heavy atom. The highest BCUT2D eigenvalue weighted by molar-refractivity contribution is 9.10. The molecule has 0 bridgehead atoms. The van der Waals surface area contributed by atoms with E-state index < -0.39 is 5.60 Å². The van der Waals surface area contributed by atoms with Gasteiger partial charge in [0.25, 0.3) is 0 Å². The molecule has 0 saturated heterocycles. The van der Waals surface area contributed by atoms with Crippen molar-refractivity contribution in [1.29, 1.82) is 0 Å². The number of benzene rings is 3. The van der Waals surface area contributed by atoms with Crippen molar-refractivity contribution >= 4 is 26.7 Å². The van der Waals surface area contributed by atoms with E-state index in [9.17, 15) is 0 Å². The van der Waals surface area contributed by atoms with E-state index in [2.05, 4.69) is 104 Å². The van der Waals surface area contributed by atoms with Crippen LogP contribution in [0.3, 0.4) is 0 Å². The lowest BCUT2D eigenvalue weighted by molar-refractivity contribution is 0.109. The third kappa shape index (κ3) is 3.90. The molecule has 0 aliphatic carbocycles. The molecule has 0 saturated carbocycles. The molecule has 130 valence electrons. The van der Waals surface area contributed by atoms with Crippen molar-refractivity contribution in [2.75, 3.05) is 0 Å². The fourth-order valence-corrected chi connectivity index (χ4v) is 3.67. The highest BCUT2D eigenvalue weighted by atomic mass is 79.9. The highest BCUT2D eigenvalue weighted by Gasteiger charge is 2.24. The van der Waals surface area contributed by atoms with Gasteiger partial charge in [-0.25, -0.2) is 0 Å². The maximum absolute atomic E-state index is 6.34. The van der Waals surface area contributed by atoms with Crippen LogP contribution in [0, 0.1) is 0 Å². The molecule has 0 spiro atoms. The summed E-state index contributed by atoms with van der Waals surface area (Å²) in [5.74, 6) is 1.49. The van der Waals surface area contributed by atoms with Crippen LogP contribution in [0.2, 0.25) is 0 Å². The summed E-state index contributed by atoms with van der Waals surface area (Å²) in [7, 11) is 0. The van der Waals surface area contributed by atoms with Gasteiger partial charge in [-0.05, 0) is 72.4 Å². The smallest absolute Gasteiger partial charge is 0.128 e. The van der Waals surface area contributed by atoms with Gasteiger partial charge in [-0.15, -0.1) is 0 Å². The largest absolute Gasteiger partial charge is 0.483 e. The Hall–Kier alpha value is -1.80. The summed E-state index contributed by atoms with van der Waals surface area (Å²) in [6.07, 6.45) is 1.15. The molecule has 0 N–H and O–H groups in total. The van der Waals surface area contributed by atoms with E-state index in [1.807, 2.05) is 0 Å². The van der Waals surface area contributed by atoms with Crippen LogP contribution in [0.5, 0.6) is 5.75 Å². The molecular formula is C23H25BrO. The molecule has 2 heteroatoms. The van der Waals surface area contributed by atoms with Crippen molar-refractivity contribution in [3.05, 3.63) is 76.3 Å². The summed E-state index contributed by atoms with van der Waals surface area (Å²) < 4.78 is 7.44. The zero-order valence-electron chi connectivity index (χ0n) is 15.3. The van der Waals surface area contributed by atoms with Crippen molar-refractivity contribution in [1.82, 2.24) is 0 Å². The van der Waals surface area contributed by atoms with E-state index in [-0.39, 0.29) is 0 Å². The lowest BCUT2D eigenvalue weighted by Gasteiger charge is -2.28. The van der Waals surface area contributed by atoms with Gasteiger partial charge in [-0.2, -0.15) is 0 Å². The molecule has 25 heavy (non-hydrogen) atoms. The minimum absolute atomic E-state index is 0.412. The van der Waals surface area contributed by atoms with Crippen molar-refractivity contribution in [3.8, 4) is 5.75 Å². The molecule has 0 amide bonds. The Balaban J connectivity index is 1.89. The first kappa shape index (κ1) is 18.0. The second-order valence-electron chi connectivity index (χ2n) is 7.17. The molecule has 1 nitrogen and oxygen atoms in total. The lowest BCUT2D eigenvalue weighted by Crippen LogP contribution is -2.25. The molecular weight excluding hydrogens is 372 g/mol.